The molecular formula is C30H52N2O3. The van der Waals surface area contributed by atoms with Crippen molar-refractivity contribution in [1.29, 1.82) is 0 Å². The average molecular weight is 489 g/mol. The highest BCUT2D eigenvalue weighted by molar-refractivity contribution is 5.59. The Balaban J connectivity index is 0.00000206. The molecule has 1 aromatic heterocycles. The maximum atomic E-state index is 6.49. The van der Waals surface area contributed by atoms with Crippen molar-refractivity contribution in [2.75, 3.05) is 19.3 Å². The van der Waals surface area contributed by atoms with Crippen LogP contribution in [0, 0.1) is 5.41 Å². The zero-order chi connectivity index (χ0) is 25.5. The Morgan fingerprint density at radius 1 is 0.886 bits per heavy atom. The van der Waals surface area contributed by atoms with Crippen LogP contribution in [0.4, 0.5) is 5.69 Å². The molecule has 4 rings (SSSR count). The first-order chi connectivity index (χ1) is 17.2. The van der Waals surface area contributed by atoms with Gasteiger partial charge in [0.1, 0.15) is 11.4 Å². The molecule has 1 aromatic carbocycles. The van der Waals surface area contributed by atoms with E-state index >= 15 is 0 Å². The second-order valence-corrected chi connectivity index (χ2v) is 9.12. The number of pyridine rings is 1. The summed E-state index contributed by atoms with van der Waals surface area (Å²) in [6, 6.07) is 12.7. The number of nitrogens with zero attached hydrogens (tertiary/aromatic N) is 2. The second kappa shape index (κ2) is 15.8. The maximum Gasteiger partial charge on any atom is 0.168 e. The molecule has 0 unspecified atom stereocenters. The van der Waals surface area contributed by atoms with Gasteiger partial charge in [-0.1, -0.05) is 77.3 Å². The number of aromatic nitrogens is 1. The fourth-order valence-electron chi connectivity index (χ4n) is 5.46. The fraction of sp³-hybridized carbons (Fsp3) is 0.633. The van der Waals surface area contributed by atoms with Gasteiger partial charge < -0.3 is 9.47 Å². The van der Waals surface area contributed by atoms with Gasteiger partial charge in [0.15, 0.2) is 5.75 Å². The smallest absolute Gasteiger partial charge is 0.168 e. The first-order valence-corrected chi connectivity index (χ1v) is 13.7. The number of benzene rings is 1. The molecule has 2 aliphatic rings. The molecule has 200 valence electrons. The van der Waals surface area contributed by atoms with Crippen molar-refractivity contribution in [3.05, 3.63) is 53.9 Å². The topological polar surface area (TPSA) is 43.8 Å². The van der Waals surface area contributed by atoms with E-state index in [1.165, 1.54) is 44.9 Å². The van der Waals surface area contributed by atoms with E-state index in [1.807, 2.05) is 46.0 Å². The first kappa shape index (κ1) is 29.1. The number of anilines is 1. The number of ether oxygens (including phenoxy) is 2. The molecule has 5 heteroatoms. The van der Waals surface area contributed by atoms with Gasteiger partial charge in [0.25, 0.3) is 0 Å². The fourth-order valence-corrected chi connectivity index (χ4v) is 5.46. The number of hydrogen-bond donors (Lipinski definition) is 0. The summed E-state index contributed by atoms with van der Waals surface area (Å²) >= 11 is 0. The van der Waals surface area contributed by atoms with Gasteiger partial charge in [-0.2, -0.15) is 0 Å². The third-order valence-corrected chi connectivity index (χ3v) is 7.15. The Morgan fingerprint density at radius 3 is 2.14 bits per heavy atom. The molecule has 2 aromatic rings. The van der Waals surface area contributed by atoms with Crippen molar-refractivity contribution in [3.63, 3.8) is 0 Å². The van der Waals surface area contributed by atoms with Gasteiger partial charge in [-0.05, 0) is 55.6 Å². The Labute approximate surface area is 217 Å². The number of rotatable bonds is 8. The van der Waals surface area contributed by atoms with Crippen molar-refractivity contribution in [1.82, 2.24) is 4.98 Å². The molecule has 0 atom stereocenters. The van der Waals surface area contributed by atoms with E-state index in [4.69, 9.17) is 14.3 Å². The Hall–Kier alpha value is -2.11. The van der Waals surface area contributed by atoms with E-state index in [2.05, 4.69) is 34.3 Å². The SMILES string of the molecule is CC.CC.COCc1nccc(N(OCc2ccccc2)C2CCC3(CCCCC3)CC2)c1OC.[HH].[HH]. The molecule has 2 fully saturated rings. The maximum absolute atomic E-state index is 6.49. The lowest BCUT2D eigenvalue weighted by Gasteiger charge is -2.45. The molecule has 35 heavy (non-hydrogen) atoms. The molecule has 1 spiro atoms. The zero-order valence-electron chi connectivity index (χ0n) is 23.0. The van der Waals surface area contributed by atoms with Crippen LogP contribution in [0.2, 0.25) is 0 Å². The Kier molecular flexibility index (Phi) is 13.1. The largest absolute Gasteiger partial charge is 0.492 e. The molecule has 5 nitrogen and oxygen atoms in total. The minimum Gasteiger partial charge on any atom is -0.492 e. The summed E-state index contributed by atoms with van der Waals surface area (Å²) in [6.45, 7) is 8.95. The first-order valence-electron chi connectivity index (χ1n) is 13.7. The monoisotopic (exact) mass is 488 g/mol. The summed E-state index contributed by atoms with van der Waals surface area (Å²) in [7, 11) is 3.38. The number of hydroxylamine groups is 1. The number of methoxy groups -OCH3 is 2. The predicted octanol–water partition coefficient (Wildman–Crippen LogP) is 8.61. The van der Waals surface area contributed by atoms with Crippen LogP contribution >= 0.6 is 0 Å². The van der Waals surface area contributed by atoms with E-state index < -0.39 is 0 Å². The van der Waals surface area contributed by atoms with Crippen molar-refractivity contribution in [2.45, 2.75) is 105 Å². The van der Waals surface area contributed by atoms with E-state index in [9.17, 15) is 0 Å². The van der Waals surface area contributed by atoms with Gasteiger partial charge >= 0.3 is 0 Å². The van der Waals surface area contributed by atoms with Crippen LogP contribution in [-0.4, -0.2) is 25.2 Å². The summed E-state index contributed by atoms with van der Waals surface area (Å²) < 4.78 is 11.2. The Morgan fingerprint density at radius 2 is 1.54 bits per heavy atom. The van der Waals surface area contributed by atoms with E-state index in [0.717, 1.165) is 35.5 Å². The van der Waals surface area contributed by atoms with Gasteiger partial charge in [0.2, 0.25) is 0 Å². The standard InChI is InChI=1S/C26H36N2O3.2C2H6.2H2/c1-29-20-23-25(30-2)24(13-18-27-23)28(31-19-21-9-5-3-6-10-21)22-11-16-26(17-12-22)14-7-4-8-15-26;2*1-2;;/h3,5-6,9-10,13,18,22H,4,7-8,11-12,14-17,19-20H2,1-2H3;2*1-2H3;2*1H. The van der Waals surface area contributed by atoms with Crippen LogP contribution in [0.5, 0.6) is 5.75 Å². The summed E-state index contributed by atoms with van der Waals surface area (Å²) in [5.41, 5.74) is 3.49. The molecule has 0 N–H and O–H groups in total. The van der Waals surface area contributed by atoms with Crippen LogP contribution in [0.1, 0.15) is 99.6 Å². The molecule has 0 amide bonds. The van der Waals surface area contributed by atoms with E-state index in [-0.39, 0.29) is 2.85 Å². The van der Waals surface area contributed by atoms with Gasteiger partial charge in [0, 0.05) is 16.2 Å². The molecule has 0 aliphatic heterocycles. The lowest BCUT2D eigenvalue weighted by atomic mass is 9.64. The molecular weight excluding hydrogens is 436 g/mol. The summed E-state index contributed by atoms with van der Waals surface area (Å²) in [5, 5.41) is 2.11. The van der Waals surface area contributed by atoms with Crippen molar-refractivity contribution < 1.29 is 17.2 Å². The number of hydrogen-bond acceptors (Lipinski definition) is 5. The highest BCUT2D eigenvalue weighted by Crippen LogP contribution is 2.49. The van der Waals surface area contributed by atoms with Gasteiger partial charge in [0.05, 0.1) is 26.4 Å². The molecule has 0 bridgehead atoms. The van der Waals surface area contributed by atoms with Crippen LogP contribution in [0.25, 0.3) is 0 Å². The third-order valence-electron chi connectivity index (χ3n) is 7.15. The minimum absolute atomic E-state index is 0. The summed E-state index contributed by atoms with van der Waals surface area (Å²) in [6.07, 6.45) is 13.7. The molecule has 0 radical (unpaired) electrons. The van der Waals surface area contributed by atoms with Gasteiger partial charge in [-0.3, -0.25) is 9.82 Å². The molecule has 2 aliphatic carbocycles. The Bertz CT molecular complexity index is 823. The van der Waals surface area contributed by atoms with Crippen molar-refractivity contribution in [3.8, 4) is 5.75 Å². The third kappa shape index (κ3) is 7.94. The van der Waals surface area contributed by atoms with Crippen LogP contribution in [-0.2, 0) is 22.8 Å². The molecule has 2 saturated carbocycles. The molecule has 0 saturated heterocycles. The van der Waals surface area contributed by atoms with Crippen LogP contribution in [0.3, 0.4) is 0 Å². The predicted molar refractivity (Wildman–Crippen MR) is 150 cm³/mol. The van der Waals surface area contributed by atoms with Gasteiger partial charge in [-0.25, -0.2) is 5.06 Å². The van der Waals surface area contributed by atoms with E-state index in [1.54, 1.807) is 14.2 Å². The zero-order valence-corrected chi connectivity index (χ0v) is 23.0. The van der Waals surface area contributed by atoms with E-state index in [0.29, 0.717) is 24.7 Å². The van der Waals surface area contributed by atoms with Gasteiger partial charge in [-0.15, -0.1) is 0 Å². The highest BCUT2D eigenvalue weighted by Gasteiger charge is 2.38. The second-order valence-electron chi connectivity index (χ2n) is 9.12. The van der Waals surface area contributed by atoms with Crippen LogP contribution in [0.15, 0.2) is 42.6 Å². The quantitative estimate of drug-likeness (QED) is 0.348. The highest BCUT2D eigenvalue weighted by atomic mass is 16.7. The summed E-state index contributed by atoms with van der Waals surface area (Å²) in [4.78, 5) is 11.0. The summed E-state index contributed by atoms with van der Waals surface area (Å²) in [5.74, 6) is 0.746. The lowest BCUT2D eigenvalue weighted by molar-refractivity contribution is 0.0360. The van der Waals surface area contributed by atoms with Crippen molar-refractivity contribution >= 4 is 5.69 Å². The van der Waals surface area contributed by atoms with Crippen LogP contribution < -0.4 is 9.80 Å². The minimum atomic E-state index is 0. The average Bonchev–Trinajstić information content (AvgIpc) is 2.93. The molecule has 1 heterocycles. The van der Waals surface area contributed by atoms with Crippen molar-refractivity contribution in [2.24, 2.45) is 5.41 Å². The normalized spacial score (nSPS) is 17.0. The lowest BCUT2D eigenvalue weighted by Crippen LogP contribution is -2.42.